The molecule has 0 radical (unpaired) electrons. The van der Waals surface area contributed by atoms with E-state index in [-0.39, 0.29) is 18.4 Å². The maximum absolute atomic E-state index is 12.1. The highest BCUT2D eigenvalue weighted by Crippen LogP contribution is 2.36. The molecule has 0 saturated heterocycles. The quantitative estimate of drug-likeness (QED) is 0.909. The summed E-state index contributed by atoms with van der Waals surface area (Å²) in [5.74, 6) is 0.882. The van der Waals surface area contributed by atoms with Crippen LogP contribution in [0.4, 0.5) is 11.4 Å². The molecule has 0 aromatic heterocycles. The van der Waals surface area contributed by atoms with Crippen molar-refractivity contribution >= 4 is 23.2 Å². The minimum absolute atomic E-state index is 0.0666. The van der Waals surface area contributed by atoms with E-state index < -0.39 is 6.10 Å². The van der Waals surface area contributed by atoms with Crippen molar-refractivity contribution in [2.75, 3.05) is 23.4 Å². The third-order valence-electron chi connectivity index (χ3n) is 3.88. The Morgan fingerprint density at radius 3 is 2.72 bits per heavy atom. The van der Waals surface area contributed by atoms with Gasteiger partial charge < -0.3 is 19.7 Å². The van der Waals surface area contributed by atoms with Crippen LogP contribution in [0, 0.1) is 0 Å². The molecule has 0 aliphatic carbocycles. The molecule has 0 bridgehead atoms. The number of fused-ring (bicyclic) bond motifs is 1. The first kappa shape index (κ1) is 16.8. The van der Waals surface area contributed by atoms with Crippen molar-refractivity contribution in [3.8, 4) is 11.5 Å². The van der Waals surface area contributed by atoms with Gasteiger partial charge in [-0.1, -0.05) is 18.2 Å². The number of nitrogens with zero attached hydrogens (tertiary/aromatic N) is 1. The fourth-order valence-corrected chi connectivity index (χ4v) is 2.68. The van der Waals surface area contributed by atoms with Crippen molar-refractivity contribution < 1.29 is 19.1 Å². The van der Waals surface area contributed by atoms with Gasteiger partial charge in [-0.05, 0) is 38.1 Å². The van der Waals surface area contributed by atoms with Crippen molar-refractivity contribution in [1.29, 1.82) is 0 Å². The van der Waals surface area contributed by atoms with E-state index in [1.54, 1.807) is 42.2 Å². The topological polar surface area (TPSA) is 67.9 Å². The zero-order valence-electron chi connectivity index (χ0n) is 14.2. The van der Waals surface area contributed by atoms with E-state index in [0.717, 1.165) is 0 Å². The first-order chi connectivity index (χ1) is 12.1. The summed E-state index contributed by atoms with van der Waals surface area (Å²) >= 11 is 0. The van der Waals surface area contributed by atoms with Gasteiger partial charge >= 0.3 is 0 Å². The molecule has 1 N–H and O–H groups in total. The van der Waals surface area contributed by atoms with Crippen LogP contribution in [0.15, 0.2) is 48.5 Å². The summed E-state index contributed by atoms with van der Waals surface area (Å²) in [5, 5.41) is 2.77. The second-order valence-electron chi connectivity index (χ2n) is 5.67. The van der Waals surface area contributed by atoms with Crippen LogP contribution >= 0.6 is 0 Å². The molecule has 0 fully saturated rings. The number of anilines is 2. The highest BCUT2D eigenvalue weighted by Gasteiger charge is 2.30. The van der Waals surface area contributed by atoms with E-state index in [9.17, 15) is 9.59 Å². The zero-order valence-corrected chi connectivity index (χ0v) is 14.2. The Labute approximate surface area is 146 Å². The van der Waals surface area contributed by atoms with Gasteiger partial charge in [0.1, 0.15) is 11.5 Å². The van der Waals surface area contributed by atoms with Crippen molar-refractivity contribution in [2.45, 2.75) is 20.0 Å². The molecule has 6 heteroatoms. The van der Waals surface area contributed by atoms with E-state index in [1.807, 2.05) is 25.1 Å². The number of amides is 2. The van der Waals surface area contributed by atoms with Crippen LogP contribution in [0.2, 0.25) is 0 Å². The number of rotatable bonds is 5. The molecular formula is C19H20N2O4. The lowest BCUT2D eigenvalue weighted by molar-refractivity contribution is -0.125. The Hall–Kier alpha value is -3.02. The fourth-order valence-electron chi connectivity index (χ4n) is 2.68. The molecule has 1 aliphatic rings. The summed E-state index contributed by atoms with van der Waals surface area (Å²) in [5.41, 5.74) is 1.31. The molecule has 0 saturated carbocycles. The number of likely N-dealkylation sites (N-methyl/N-ethyl adjacent to an activating group) is 1. The number of hydrogen-bond donors (Lipinski definition) is 1. The molecule has 1 unspecified atom stereocenters. The smallest absolute Gasteiger partial charge is 0.267 e. The van der Waals surface area contributed by atoms with Crippen LogP contribution in [0.1, 0.15) is 13.8 Å². The van der Waals surface area contributed by atoms with Gasteiger partial charge in [0.2, 0.25) is 0 Å². The number of carbonyl (C=O) groups excluding carboxylic acids is 2. The first-order valence-electron chi connectivity index (χ1n) is 8.18. The average molecular weight is 340 g/mol. The summed E-state index contributed by atoms with van der Waals surface area (Å²) in [6.07, 6.45) is -0.542. The molecule has 25 heavy (non-hydrogen) atoms. The molecular weight excluding hydrogens is 320 g/mol. The van der Waals surface area contributed by atoms with E-state index in [1.165, 1.54) is 0 Å². The highest BCUT2D eigenvalue weighted by molar-refractivity contribution is 6.00. The number of carbonyl (C=O) groups is 2. The van der Waals surface area contributed by atoms with Crippen LogP contribution in [0.3, 0.4) is 0 Å². The summed E-state index contributed by atoms with van der Waals surface area (Å²) in [7, 11) is 0. The minimum Gasteiger partial charge on any atom is -0.484 e. The summed E-state index contributed by atoms with van der Waals surface area (Å²) < 4.78 is 11.1. The van der Waals surface area contributed by atoms with Crippen molar-refractivity contribution in [3.05, 3.63) is 48.5 Å². The Morgan fingerprint density at radius 1 is 1.24 bits per heavy atom. The molecule has 2 amide bonds. The van der Waals surface area contributed by atoms with Gasteiger partial charge in [-0.2, -0.15) is 0 Å². The minimum atomic E-state index is -0.542. The lowest BCUT2D eigenvalue weighted by Gasteiger charge is -2.32. The number of ether oxygens (including phenoxy) is 2. The standard InChI is InChI=1S/C19H20N2O4/c1-3-21-16-10-9-14(11-17(16)25-13(2)19(21)23)20-18(22)12-24-15-7-5-4-6-8-15/h4-11,13H,3,12H2,1-2H3,(H,20,22). The van der Waals surface area contributed by atoms with Gasteiger partial charge in [0.15, 0.2) is 12.7 Å². The summed E-state index contributed by atoms with van der Waals surface area (Å²) in [4.78, 5) is 25.8. The summed E-state index contributed by atoms with van der Waals surface area (Å²) in [6, 6.07) is 14.4. The maximum Gasteiger partial charge on any atom is 0.267 e. The van der Waals surface area contributed by atoms with Crippen molar-refractivity contribution in [1.82, 2.24) is 0 Å². The number of para-hydroxylation sites is 1. The van der Waals surface area contributed by atoms with Crippen LogP contribution in [0.25, 0.3) is 0 Å². The molecule has 130 valence electrons. The second kappa shape index (κ2) is 7.25. The second-order valence-corrected chi connectivity index (χ2v) is 5.67. The molecule has 1 atom stereocenters. The normalized spacial score (nSPS) is 16.0. The zero-order chi connectivity index (χ0) is 17.8. The Bertz CT molecular complexity index is 776. The van der Waals surface area contributed by atoms with Crippen LogP contribution in [-0.2, 0) is 9.59 Å². The molecule has 0 spiro atoms. The van der Waals surface area contributed by atoms with E-state index in [0.29, 0.717) is 29.4 Å². The molecule has 6 nitrogen and oxygen atoms in total. The lowest BCUT2D eigenvalue weighted by Crippen LogP contribution is -2.44. The predicted molar refractivity (Wildman–Crippen MR) is 95.1 cm³/mol. The van der Waals surface area contributed by atoms with Gasteiger partial charge in [-0.25, -0.2) is 0 Å². The predicted octanol–water partition coefficient (Wildman–Crippen LogP) is 2.84. The first-order valence-corrected chi connectivity index (χ1v) is 8.18. The lowest BCUT2D eigenvalue weighted by atomic mass is 10.1. The van der Waals surface area contributed by atoms with E-state index >= 15 is 0 Å². The monoisotopic (exact) mass is 340 g/mol. The van der Waals surface area contributed by atoms with E-state index in [4.69, 9.17) is 9.47 Å². The van der Waals surface area contributed by atoms with Crippen molar-refractivity contribution in [3.63, 3.8) is 0 Å². The van der Waals surface area contributed by atoms with Crippen LogP contribution in [0.5, 0.6) is 11.5 Å². The molecule has 2 aromatic carbocycles. The third-order valence-corrected chi connectivity index (χ3v) is 3.88. The average Bonchev–Trinajstić information content (AvgIpc) is 2.62. The van der Waals surface area contributed by atoms with Gasteiger partial charge in [-0.3, -0.25) is 9.59 Å². The largest absolute Gasteiger partial charge is 0.484 e. The van der Waals surface area contributed by atoms with Crippen molar-refractivity contribution in [2.24, 2.45) is 0 Å². The highest BCUT2D eigenvalue weighted by atomic mass is 16.5. The van der Waals surface area contributed by atoms with E-state index in [2.05, 4.69) is 5.32 Å². The van der Waals surface area contributed by atoms with Gasteiger partial charge in [0, 0.05) is 18.3 Å². The Kier molecular flexibility index (Phi) is 4.88. The molecule has 1 aliphatic heterocycles. The number of nitrogens with one attached hydrogen (secondary N) is 1. The maximum atomic E-state index is 12.1. The number of hydrogen-bond acceptors (Lipinski definition) is 4. The molecule has 1 heterocycles. The van der Waals surface area contributed by atoms with Gasteiger partial charge in [0.05, 0.1) is 5.69 Å². The third kappa shape index (κ3) is 3.74. The molecule has 2 aromatic rings. The Balaban J connectivity index is 1.67. The summed E-state index contributed by atoms with van der Waals surface area (Å²) in [6.45, 7) is 4.11. The Morgan fingerprint density at radius 2 is 2.00 bits per heavy atom. The fraction of sp³-hybridized carbons (Fsp3) is 0.263. The molecule has 3 rings (SSSR count). The SMILES string of the molecule is CCN1C(=O)C(C)Oc2cc(NC(=O)COc3ccccc3)ccc21. The van der Waals surface area contributed by atoms with Gasteiger partial charge in [0.25, 0.3) is 11.8 Å². The van der Waals surface area contributed by atoms with Gasteiger partial charge in [-0.15, -0.1) is 0 Å². The van der Waals surface area contributed by atoms with Crippen LogP contribution in [-0.4, -0.2) is 31.1 Å². The van der Waals surface area contributed by atoms with Crippen LogP contribution < -0.4 is 19.7 Å². The number of benzene rings is 2.